The van der Waals surface area contributed by atoms with Crippen LogP contribution in [0.1, 0.15) is 15.7 Å². The van der Waals surface area contributed by atoms with Crippen molar-refractivity contribution in [1.82, 2.24) is 0 Å². The van der Waals surface area contributed by atoms with Gasteiger partial charge in [0, 0.05) is 0 Å². The summed E-state index contributed by atoms with van der Waals surface area (Å²) in [6.45, 7) is -0.998. The van der Waals surface area contributed by atoms with Crippen LogP contribution >= 0.6 is 0 Å². The average Bonchev–Trinajstić information content (AvgIpc) is 2.50. The largest absolute Gasteiger partial charge is 2.00 e. The van der Waals surface area contributed by atoms with Gasteiger partial charge in [0.25, 0.3) is 0 Å². The number of rotatable bonds is 11. The first kappa shape index (κ1) is 27.1. The molecule has 0 heterocycles. The van der Waals surface area contributed by atoms with E-state index in [-0.39, 0.29) is 25.9 Å². The van der Waals surface area contributed by atoms with Crippen molar-refractivity contribution in [3.05, 3.63) is 0 Å². The first-order valence-electron chi connectivity index (χ1n) is 6.74. The van der Waals surface area contributed by atoms with E-state index in [0.29, 0.717) is 0 Å². The van der Waals surface area contributed by atoms with Crippen LogP contribution < -0.4 is 0 Å². The second kappa shape index (κ2) is 11.6. The predicted octanol–water partition coefficient (Wildman–Crippen LogP) is -5.19. The van der Waals surface area contributed by atoms with Gasteiger partial charge >= 0.3 is 41.0 Å². The third-order valence-corrected chi connectivity index (χ3v) is 3.10. The molecule has 9 N–H and O–H groups in total. The molecule has 0 aliphatic carbocycles. The first-order valence-corrected chi connectivity index (χ1v) is 6.74. The zero-order valence-corrected chi connectivity index (χ0v) is 14.8. The number of hydrogen-bond donors (Lipinski definition) is 9. The van der Waals surface area contributed by atoms with Gasteiger partial charge in [-0.1, -0.05) is 0 Å². The van der Waals surface area contributed by atoms with Crippen molar-refractivity contribution in [1.29, 1.82) is 0 Å². The Bertz CT molecular complexity index is 496. The molecule has 0 fully saturated rings. The van der Waals surface area contributed by atoms with Gasteiger partial charge in [-0.3, -0.25) is 9.59 Å². The summed E-state index contributed by atoms with van der Waals surface area (Å²) in [5.41, 5.74) is -3.04. The molecule has 0 aromatic rings. The van der Waals surface area contributed by atoms with Gasteiger partial charge in [-0.15, -0.1) is 0 Å². The Morgan fingerprint density at radius 3 is 1.81 bits per heavy atom. The van der Waals surface area contributed by atoms with Crippen LogP contribution in [0.2, 0.25) is 0 Å². The van der Waals surface area contributed by atoms with E-state index in [4.69, 9.17) is 20.4 Å². The van der Waals surface area contributed by atoms with Crippen molar-refractivity contribution in [2.75, 3.05) is 6.61 Å². The Balaban J connectivity index is -0.000000960. The van der Waals surface area contributed by atoms with E-state index in [0.717, 1.165) is 0 Å². The second-order valence-corrected chi connectivity index (χ2v) is 5.19. The van der Waals surface area contributed by atoms with E-state index in [1.165, 1.54) is 0 Å². The first-order chi connectivity index (χ1) is 11.4. The molecule has 13 nitrogen and oxygen atoms in total. The Kier molecular flexibility index (Phi) is 12.1. The maximum absolute atomic E-state index is 11.5. The topological polar surface area (TPSA) is 243 Å². The van der Waals surface area contributed by atoms with Gasteiger partial charge in [-0.2, -0.15) is 0 Å². The molecule has 0 saturated heterocycles. The molecule has 0 aromatic carbocycles. The fourth-order valence-corrected chi connectivity index (χ4v) is 1.66. The zero-order valence-electron chi connectivity index (χ0n) is 15.4. The number of esters is 1. The van der Waals surface area contributed by atoms with Gasteiger partial charge in [0.2, 0.25) is 6.29 Å². The molecule has 0 radical (unpaired) electrons. The Morgan fingerprint density at radius 1 is 0.923 bits per heavy atom. The van der Waals surface area contributed by atoms with Crippen molar-refractivity contribution in [2.24, 2.45) is 0 Å². The van der Waals surface area contributed by atoms with Gasteiger partial charge in [-0.05, 0) is 0 Å². The SMILES string of the molecule is O=C(O)CC(O)(CC(=O)OC(O)[C@H](O)[C@@H](O)[C@H](O)[C@H](O)CO)C(=O)O.[H-].[H-].[Mg+2]. The average molecular weight is 399 g/mol. The van der Waals surface area contributed by atoms with Crippen LogP contribution in [0, 0.1) is 0 Å². The molecule has 0 amide bonds. The Hall–Kier alpha value is -1.10. The molecule has 26 heavy (non-hydrogen) atoms. The van der Waals surface area contributed by atoms with E-state index >= 15 is 0 Å². The number of hydrogen-bond acceptors (Lipinski definition) is 11. The molecular weight excluding hydrogens is 376 g/mol. The third kappa shape index (κ3) is 8.06. The minimum absolute atomic E-state index is 0. The summed E-state index contributed by atoms with van der Waals surface area (Å²) in [6.07, 6.45) is -14.0. The minimum atomic E-state index is -3.04. The van der Waals surface area contributed by atoms with Gasteiger partial charge in [-0.25, -0.2) is 4.79 Å². The number of carbonyl (C=O) groups is 3. The molecule has 0 aliphatic rings. The summed E-state index contributed by atoms with van der Waals surface area (Å²) in [5, 5.41) is 82.3. The normalized spacial score (nSPS) is 19.0. The fraction of sp³-hybridized carbons (Fsp3) is 0.750. The predicted molar refractivity (Wildman–Crippen MR) is 80.6 cm³/mol. The Morgan fingerprint density at radius 2 is 1.42 bits per heavy atom. The molecule has 6 atom stereocenters. The second-order valence-electron chi connectivity index (χ2n) is 5.19. The van der Waals surface area contributed by atoms with E-state index in [1.54, 1.807) is 0 Å². The number of carboxylic acid groups (broad SMARTS) is 2. The van der Waals surface area contributed by atoms with Gasteiger partial charge in [0.15, 0.2) is 5.60 Å². The number of carboxylic acids is 2. The minimum Gasteiger partial charge on any atom is -1.00 e. The number of aliphatic hydroxyl groups excluding tert-OH is 6. The molecule has 14 heteroatoms. The van der Waals surface area contributed by atoms with Crippen LogP contribution in [-0.2, 0) is 19.1 Å². The van der Waals surface area contributed by atoms with Crippen molar-refractivity contribution < 1.29 is 67.9 Å². The molecular formula is C12H22MgO13. The summed E-state index contributed by atoms with van der Waals surface area (Å²) in [4.78, 5) is 32.9. The van der Waals surface area contributed by atoms with Crippen molar-refractivity contribution in [2.45, 2.75) is 49.1 Å². The number of carbonyl (C=O) groups excluding carboxylic acids is 1. The van der Waals surface area contributed by atoms with E-state index in [1.807, 2.05) is 0 Å². The molecule has 0 aliphatic heterocycles. The maximum Gasteiger partial charge on any atom is 2.00 e. The smallest absolute Gasteiger partial charge is 1.00 e. The van der Waals surface area contributed by atoms with Crippen LogP contribution in [0.3, 0.4) is 0 Å². The van der Waals surface area contributed by atoms with Crippen molar-refractivity contribution in [3.63, 3.8) is 0 Å². The molecule has 0 aromatic heterocycles. The summed E-state index contributed by atoms with van der Waals surface area (Å²) in [6, 6.07) is 0. The molecule has 0 saturated carbocycles. The summed E-state index contributed by atoms with van der Waals surface area (Å²) < 4.78 is 4.16. The molecule has 2 unspecified atom stereocenters. The summed E-state index contributed by atoms with van der Waals surface area (Å²) in [5.74, 6) is -5.43. The van der Waals surface area contributed by atoms with E-state index < -0.39 is 73.7 Å². The van der Waals surface area contributed by atoms with Crippen LogP contribution in [0.5, 0.6) is 0 Å². The fourth-order valence-electron chi connectivity index (χ4n) is 1.66. The van der Waals surface area contributed by atoms with Gasteiger partial charge in [0.05, 0.1) is 19.4 Å². The van der Waals surface area contributed by atoms with E-state index in [9.17, 15) is 39.9 Å². The summed E-state index contributed by atoms with van der Waals surface area (Å²) >= 11 is 0. The van der Waals surface area contributed by atoms with Crippen LogP contribution in [0.25, 0.3) is 0 Å². The van der Waals surface area contributed by atoms with Crippen molar-refractivity contribution >= 4 is 41.0 Å². The van der Waals surface area contributed by atoms with Crippen LogP contribution in [0.15, 0.2) is 0 Å². The van der Waals surface area contributed by atoms with Crippen molar-refractivity contribution in [3.8, 4) is 0 Å². The molecule has 0 bridgehead atoms. The molecule has 150 valence electrons. The van der Waals surface area contributed by atoms with E-state index in [2.05, 4.69) is 4.74 Å². The standard InChI is InChI=1S/C12H20O13.Mg.2H/c13-3-4(14)7(18)8(19)9(20)10(21)25-6(17)2-12(24,11(22)23)1-5(15)16;;;/h4,7-10,13-14,18-21,24H,1-3H2,(H,15,16)(H,22,23);;;/q;+2;2*-1/t4-,7-,8+,9-,10?,12?;;;/m1.../s1. The van der Waals surface area contributed by atoms with Gasteiger partial charge < -0.3 is 53.5 Å². The number of aliphatic hydroxyl groups is 7. The number of ether oxygens (including phenoxy) is 1. The zero-order chi connectivity index (χ0) is 19.9. The third-order valence-electron chi connectivity index (χ3n) is 3.10. The number of aliphatic carboxylic acids is 2. The quantitative estimate of drug-likeness (QED) is 0.0898. The molecule has 0 spiro atoms. The molecule has 0 rings (SSSR count). The van der Waals surface area contributed by atoms with Gasteiger partial charge in [0.1, 0.15) is 24.4 Å². The van der Waals surface area contributed by atoms with Crippen LogP contribution in [0.4, 0.5) is 0 Å². The Labute approximate surface area is 165 Å². The monoisotopic (exact) mass is 398 g/mol. The maximum atomic E-state index is 11.5. The summed E-state index contributed by atoms with van der Waals surface area (Å²) in [7, 11) is 0. The van der Waals surface area contributed by atoms with Crippen LogP contribution in [-0.4, -0.2) is 130 Å².